The van der Waals surface area contributed by atoms with Gasteiger partial charge in [0.2, 0.25) is 5.91 Å². The number of anilines is 2. The summed E-state index contributed by atoms with van der Waals surface area (Å²) in [6.07, 6.45) is 4.04. The number of carbonyl (C=O) groups excluding carboxylic acids is 1. The topological polar surface area (TPSA) is 54.0 Å². The molecule has 0 bridgehead atoms. The van der Waals surface area contributed by atoms with E-state index in [2.05, 4.69) is 15.6 Å². The van der Waals surface area contributed by atoms with E-state index in [1.54, 1.807) is 12.4 Å². The van der Waals surface area contributed by atoms with Gasteiger partial charge in [-0.25, -0.2) is 0 Å². The minimum atomic E-state index is 0.0272. The van der Waals surface area contributed by atoms with Crippen LogP contribution in [0.1, 0.15) is 24.5 Å². The van der Waals surface area contributed by atoms with E-state index in [0.29, 0.717) is 6.42 Å². The van der Waals surface area contributed by atoms with Crippen LogP contribution in [0.25, 0.3) is 0 Å². The van der Waals surface area contributed by atoms with Gasteiger partial charge in [0, 0.05) is 36.7 Å². The van der Waals surface area contributed by atoms with E-state index in [-0.39, 0.29) is 5.91 Å². The van der Waals surface area contributed by atoms with Gasteiger partial charge < -0.3 is 10.6 Å². The summed E-state index contributed by atoms with van der Waals surface area (Å²) in [5.41, 5.74) is 4.10. The van der Waals surface area contributed by atoms with Gasteiger partial charge in [0.25, 0.3) is 0 Å². The van der Waals surface area contributed by atoms with Gasteiger partial charge >= 0.3 is 0 Å². The van der Waals surface area contributed by atoms with Gasteiger partial charge in [-0.1, -0.05) is 13.0 Å². The molecule has 0 unspecified atom stereocenters. The third kappa shape index (κ3) is 3.57. The molecule has 2 aromatic rings. The highest BCUT2D eigenvalue weighted by Crippen LogP contribution is 2.23. The molecular weight excluding hydrogens is 250 g/mol. The fraction of sp³-hybridized carbons (Fsp3) is 0.250. The van der Waals surface area contributed by atoms with Gasteiger partial charge in [-0.05, 0) is 42.3 Å². The second-order valence-corrected chi connectivity index (χ2v) is 4.59. The van der Waals surface area contributed by atoms with Crippen LogP contribution in [0.15, 0.2) is 42.7 Å². The molecular formula is C16H19N3O. The Labute approximate surface area is 119 Å². The van der Waals surface area contributed by atoms with Crippen LogP contribution < -0.4 is 10.6 Å². The van der Waals surface area contributed by atoms with Crippen molar-refractivity contribution in [2.24, 2.45) is 0 Å². The molecule has 104 valence electrons. The van der Waals surface area contributed by atoms with Gasteiger partial charge in [-0.3, -0.25) is 9.78 Å². The Morgan fingerprint density at radius 2 is 1.85 bits per heavy atom. The van der Waals surface area contributed by atoms with Crippen molar-refractivity contribution in [2.45, 2.75) is 26.8 Å². The standard InChI is InChI=1S/C16H19N3O/c1-3-16(20)19-15-6-4-5-14(12(15)2)18-11-13-7-9-17-10-8-13/h4-10,18H,3,11H2,1-2H3,(H,19,20). The highest BCUT2D eigenvalue weighted by Gasteiger charge is 2.06. The Morgan fingerprint density at radius 3 is 2.55 bits per heavy atom. The average Bonchev–Trinajstić information content (AvgIpc) is 2.49. The van der Waals surface area contributed by atoms with Crippen molar-refractivity contribution in [3.8, 4) is 0 Å². The number of rotatable bonds is 5. The van der Waals surface area contributed by atoms with Crippen molar-refractivity contribution in [1.29, 1.82) is 0 Å². The van der Waals surface area contributed by atoms with E-state index < -0.39 is 0 Å². The van der Waals surface area contributed by atoms with Crippen molar-refractivity contribution in [1.82, 2.24) is 4.98 Å². The normalized spacial score (nSPS) is 10.1. The van der Waals surface area contributed by atoms with Crippen LogP contribution in [0.2, 0.25) is 0 Å². The zero-order valence-corrected chi connectivity index (χ0v) is 11.8. The summed E-state index contributed by atoms with van der Waals surface area (Å²) in [4.78, 5) is 15.5. The number of aromatic nitrogens is 1. The maximum absolute atomic E-state index is 11.5. The summed E-state index contributed by atoms with van der Waals surface area (Å²) in [6.45, 7) is 4.57. The molecule has 4 nitrogen and oxygen atoms in total. The molecule has 0 atom stereocenters. The number of benzene rings is 1. The molecule has 20 heavy (non-hydrogen) atoms. The summed E-state index contributed by atoms with van der Waals surface area (Å²) in [7, 11) is 0. The van der Waals surface area contributed by atoms with Crippen LogP contribution in [0.4, 0.5) is 11.4 Å². The molecule has 2 rings (SSSR count). The molecule has 1 amide bonds. The predicted molar refractivity (Wildman–Crippen MR) is 81.7 cm³/mol. The molecule has 1 heterocycles. The Bertz CT molecular complexity index is 582. The van der Waals surface area contributed by atoms with Crippen LogP contribution in [0.5, 0.6) is 0 Å². The lowest BCUT2D eigenvalue weighted by atomic mass is 10.1. The number of hydrogen-bond donors (Lipinski definition) is 2. The van der Waals surface area contributed by atoms with Crippen molar-refractivity contribution in [2.75, 3.05) is 10.6 Å². The molecule has 2 N–H and O–H groups in total. The zero-order chi connectivity index (χ0) is 14.4. The van der Waals surface area contributed by atoms with Crippen molar-refractivity contribution < 1.29 is 4.79 Å². The first-order valence-electron chi connectivity index (χ1n) is 6.73. The fourth-order valence-electron chi connectivity index (χ4n) is 1.90. The van der Waals surface area contributed by atoms with E-state index in [4.69, 9.17) is 0 Å². The summed E-state index contributed by atoms with van der Waals surface area (Å²) >= 11 is 0. The first kappa shape index (κ1) is 14.1. The van der Waals surface area contributed by atoms with Crippen LogP contribution in [-0.4, -0.2) is 10.9 Å². The number of nitrogens with zero attached hydrogens (tertiary/aromatic N) is 1. The summed E-state index contributed by atoms with van der Waals surface area (Å²) in [6, 6.07) is 9.82. The molecule has 0 aliphatic heterocycles. The lowest BCUT2D eigenvalue weighted by molar-refractivity contribution is -0.115. The molecule has 0 aliphatic carbocycles. The second-order valence-electron chi connectivity index (χ2n) is 4.59. The maximum atomic E-state index is 11.5. The first-order valence-corrected chi connectivity index (χ1v) is 6.73. The molecule has 0 spiro atoms. The lowest BCUT2D eigenvalue weighted by Gasteiger charge is -2.14. The van der Waals surface area contributed by atoms with Crippen LogP contribution in [0, 0.1) is 6.92 Å². The number of amides is 1. The number of hydrogen-bond acceptors (Lipinski definition) is 3. The van der Waals surface area contributed by atoms with E-state index >= 15 is 0 Å². The summed E-state index contributed by atoms with van der Waals surface area (Å²) in [5.74, 6) is 0.0272. The summed E-state index contributed by atoms with van der Waals surface area (Å²) in [5, 5.41) is 6.29. The van der Waals surface area contributed by atoms with Gasteiger partial charge in [0.1, 0.15) is 0 Å². The lowest BCUT2D eigenvalue weighted by Crippen LogP contribution is -2.11. The molecule has 0 fully saturated rings. The van der Waals surface area contributed by atoms with Gasteiger partial charge in [0.15, 0.2) is 0 Å². The average molecular weight is 269 g/mol. The Hall–Kier alpha value is -2.36. The van der Waals surface area contributed by atoms with Gasteiger partial charge in [-0.15, -0.1) is 0 Å². The van der Waals surface area contributed by atoms with Crippen molar-refractivity contribution in [3.63, 3.8) is 0 Å². The third-order valence-corrected chi connectivity index (χ3v) is 3.16. The monoisotopic (exact) mass is 269 g/mol. The van der Waals surface area contributed by atoms with E-state index in [9.17, 15) is 4.79 Å². The smallest absolute Gasteiger partial charge is 0.224 e. The van der Waals surface area contributed by atoms with Crippen LogP contribution in [-0.2, 0) is 11.3 Å². The van der Waals surface area contributed by atoms with Gasteiger partial charge in [0.05, 0.1) is 0 Å². The number of carbonyl (C=O) groups is 1. The molecule has 0 saturated carbocycles. The van der Waals surface area contributed by atoms with Crippen molar-refractivity contribution in [3.05, 3.63) is 53.9 Å². The van der Waals surface area contributed by atoms with E-state index in [1.165, 1.54) is 5.56 Å². The highest BCUT2D eigenvalue weighted by molar-refractivity contribution is 5.92. The molecule has 0 aliphatic rings. The number of nitrogens with one attached hydrogen (secondary N) is 2. The molecule has 0 saturated heterocycles. The zero-order valence-electron chi connectivity index (χ0n) is 11.8. The Balaban J connectivity index is 2.08. The van der Waals surface area contributed by atoms with E-state index in [1.807, 2.05) is 44.2 Å². The molecule has 0 radical (unpaired) electrons. The van der Waals surface area contributed by atoms with Crippen LogP contribution in [0.3, 0.4) is 0 Å². The fourth-order valence-corrected chi connectivity index (χ4v) is 1.90. The number of pyridine rings is 1. The van der Waals surface area contributed by atoms with Gasteiger partial charge in [-0.2, -0.15) is 0 Å². The Kier molecular flexibility index (Phi) is 4.71. The first-order chi connectivity index (χ1) is 9.70. The molecule has 4 heteroatoms. The van der Waals surface area contributed by atoms with Crippen molar-refractivity contribution >= 4 is 17.3 Å². The van der Waals surface area contributed by atoms with E-state index in [0.717, 1.165) is 23.5 Å². The highest BCUT2D eigenvalue weighted by atomic mass is 16.1. The third-order valence-electron chi connectivity index (χ3n) is 3.16. The minimum Gasteiger partial charge on any atom is -0.381 e. The quantitative estimate of drug-likeness (QED) is 0.875. The molecule has 1 aromatic carbocycles. The second kappa shape index (κ2) is 6.70. The molecule has 1 aromatic heterocycles. The SMILES string of the molecule is CCC(=O)Nc1cccc(NCc2ccncc2)c1C. The largest absolute Gasteiger partial charge is 0.381 e. The maximum Gasteiger partial charge on any atom is 0.224 e. The van der Waals surface area contributed by atoms with Crippen LogP contribution >= 0.6 is 0 Å². The minimum absolute atomic E-state index is 0.0272. The summed E-state index contributed by atoms with van der Waals surface area (Å²) < 4.78 is 0. The Morgan fingerprint density at radius 1 is 1.15 bits per heavy atom. The predicted octanol–water partition coefficient (Wildman–Crippen LogP) is 3.35.